The molecule has 31 heavy (non-hydrogen) atoms. The monoisotopic (exact) mass is 425 g/mol. The summed E-state index contributed by atoms with van der Waals surface area (Å²) < 4.78 is 20.1. The van der Waals surface area contributed by atoms with Gasteiger partial charge in [0, 0.05) is 25.3 Å². The quantitative estimate of drug-likeness (QED) is 0.702. The highest BCUT2D eigenvalue weighted by molar-refractivity contribution is 5.96. The number of carbonyl (C=O) groups excluding carboxylic acids is 2. The SMILES string of the molecule is O=C(c1ccncc1F)N1CCCOc2cccc(c2)CCC2CCCCN2C(=O)C1. The Kier molecular flexibility index (Phi) is 6.79. The molecule has 2 aromatic rings. The van der Waals surface area contributed by atoms with Crippen LogP contribution in [-0.2, 0) is 11.2 Å². The summed E-state index contributed by atoms with van der Waals surface area (Å²) in [5.74, 6) is -0.428. The second-order valence-electron chi connectivity index (χ2n) is 8.21. The smallest absolute Gasteiger partial charge is 0.257 e. The van der Waals surface area contributed by atoms with Gasteiger partial charge in [0.05, 0.1) is 18.4 Å². The van der Waals surface area contributed by atoms with Crippen molar-refractivity contribution in [1.82, 2.24) is 14.8 Å². The van der Waals surface area contributed by atoms with Gasteiger partial charge in [-0.15, -0.1) is 0 Å². The van der Waals surface area contributed by atoms with Gasteiger partial charge >= 0.3 is 0 Å². The number of hydrogen-bond acceptors (Lipinski definition) is 4. The summed E-state index contributed by atoms with van der Waals surface area (Å²) in [6, 6.07) is 9.58. The first kappa shape index (κ1) is 21.3. The van der Waals surface area contributed by atoms with E-state index in [-0.39, 0.29) is 24.1 Å². The van der Waals surface area contributed by atoms with Crippen LogP contribution in [0.1, 0.15) is 48.0 Å². The van der Waals surface area contributed by atoms with Crippen molar-refractivity contribution in [2.75, 3.05) is 26.2 Å². The number of benzene rings is 1. The van der Waals surface area contributed by atoms with Crippen LogP contribution in [0.25, 0.3) is 0 Å². The zero-order valence-corrected chi connectivity index (χ0v) is 17.6. The summed E-state index contributed by atoms with van der Waals surface area (Å²) in [7, 11) is 0. The first-order valence-electron chi connectivity index (χ1n) is 11.0. The van der Waals surface area contributed by atoms with E-state index in [1.54, 1.807) is 0 Å². The summed E-state index contributed by atoms with van der Waals surface area (Å²) in [5.41, 5.74) is 1.14. The van der Waals surface area contributed by atoms with Gasteiger partial charge in [0.25, 0.3) is 5.91 Å². The zero-order valence-electron chi connectivity index (χ0n) is 17.6. The van der Waals surface area contributed by atoms with E-state index >= 15 is 0 Å². The van der Waals surface area contributed by atoms with Crippen LogP contribution >= 0.6 is 0 Å². The fraction of sp³-hybridized carbons (Fsp3) is 0.458. The van der Waals surface area contributed by atoms with E-state index in [9.17, 15) is 14.0 Å². The van der Waals surface area contributed by atoms with Gasteiger partial charge in [-0.3, -0.25) is 14.6 Å². The zero-order chi connectivity index (χ0) is 21.6. The minimum atomic E-state index is -0.678. The number of hydrogen-bond donors (Lipinski definition) is 0. The van der Waals surface area contributed by atoms with Gasteiger partial charge in [-0.05, 0) is 62.3 Å². The van der Waals surface area contributed by atoms with E-state index in [2.05, 4.69) is 17.1 Å². The first-order valence-corrected chi connectivity index (χ1v) is 11.0. The van der Waals surface area contributed by atoms with Crippen molar-refractivity contribution in [1.29, 1.82) is 0 Å². The maximum Gasteiger partial charge on any atom is 0.257 e. The van der Waals surface area contributed by atoms with Crippen LogP contribution in [0.4, 0.5) is 4.39 Å². The number of aryl methyl sites for hydroxylation is 1. The topological polar surface area (TPSA) is 62.7 Å². The van der Waals surface area contributed by atoms with Gasteiger partial charge in [0.15, 0.2) is 5.82 Å². The third-order valence-electron chi connectivity index (χ3n) is 6.07. The van der Waals surface area contributed by atoms with E-state index in [0.717, 1.165) is 44.1 Å². The molecule has 2 amide bonds. The molecule has 2 bridgehead atoms. The first-order chi connectivity index (χ1) is 15.1. The number of halogens is 1. The van der Waals surface area contributed by atoms with Gasteiger partial charge in [0.2, 0.25) is 5.91 Å². The van der Waals surface area contributed by atoms with Crippen LogP contribution in [-0.4, -0.2) is 58.9 Å². The van der Waals surface area contributed by atoms with Gasteiger partial charge in [-0.2, -0.15) is 0 Å². The van der Waals surface area contributed by atoms with E-state index < -0.39 is 11.7 Å². The Labute approximate surface area is 182 Å². The lowest BCUT2D eigenvalue weighted by Crippen LogP contribution is -2.49. The van der Waals surface area contributed by atoms with Gasteiger partial charge in [-0.1, -0.05) is 12.1 Å². The van der Waals surface area contributed by atoms with Gasteiger partial charge in [-0.25, -0.2) is 4.39 Å². The molecular formula is C24H28FN3O3. The summed E-state index contributed by atoms with van der Waals surface area (Å²) in [6.45, 7) is 1.37. The average molecular weight is 426 g/mol. The third kappa shape index (κ3) is 5.21. The molecule has 1 fully saturated rings. The molecule has 0 aliphatic carbocycles. The maximum absolute atomic E-state index is 14.2. The molecule has 1 aromatic carbocycles. The van der Waals surface area contributed by atoms with Crippen LogP contribution in [0, 0.1) is 5.82 Å². The maximum atomic E-state index is 14.2. The lowest BCUT2D eigenvalue weighted by Gasteiger charge is -2.37. The molecule has 2 aliphatic heterocycles. The van der Waals surface area contributed by atoms with Crippen molar-refractivity contribution in [3.63, 3.8) is 0 Å². The minimum Gasteiger partial charge on any atom is -0.494 e. The van der Waals surface area contributed by atoms with E-state index in [1.807, 2.05) is 17.0 Å². The standard InChI is InChI=1S/C24H28FN3O3/c25-22-16-26-11-10-21(22)24(30)27-12-4-14-31-20-7-3-5-18(15-20)8-9-19-6-1-2-13-28(19)23(29)17-27/h3,5,7,10-11,15-16,19H,1-2,4,6,8-9,12-14,17H2. The minimum absolute atomic E-state index is 0.0532. The number of nitrogens with zero attached hydrogens (tertiary/aromatic N) is 3. The number of pyridine rings is 1. The van der Waals surface area contributed by atoms with Crippen molar-refractivity contribution in [3.8, 4) is 5.75 Å². The van der Waals surface area contributed by atoms with E-state index in [0.29, 0.717) is 26.1 Å². The van der Waals surface area contributed by atoms with Crippen LogP contribution < -0.4 is 4.74 Å². The van der Waals surface area contributed by atoms with E-state index in [4.69, 9.17) is 4.74 Å². The van der Waals surface area contributed by atoms with Gasteiger partial charge in [0.1, 0.15) is 12.3 Å². The third-order valence-corrected chi connectivity index (χ3v) is 6.07. The van der Waals surface area contributed by atoms with Crippen LogP contribution in [0.15, 0.2) is 42.7 Å². The van der Waals surface area contributed by atoms with Crippen LogP contribution in [0.3, 0.4) is 0 Å². The molecule has 1 saturated heterocycles. The van der Waals surface area contributed by atoms with Crippen LogP contribution in [0.2, 0.25) is 0 Å². The summed E-state index contributed by atoms with van der Waals surface area (Å²) in [6.07, 6.45) is 7.74. The molecule has 7 heteroatoms. The fourth-order valence-electron chi connectivity index (χ4n) is 4.42. The molecule has 0 radical (unpaired) electrons. The normalized spacial score (nSPS) is 20.4. The summed E-state index contributed by atoms with van der Waals surface area (Å²) in [5, 5.41) is 0. The number of carbonyl (C=O) groups is 2. The van der Waals surface area contributed by atoms with Crippen molar-refractivity contribution in [2.45, 2.75) is 44.6 Å². The molecule has 0 spiro atoms. The Morgan fingerprint density at radius 2 is 2.03 bits per heavy atom. The summed E-state index contributed by atoms with van der Waals surface area (Å²) in [4.78, 5) is 33.4. The highest BCUT2D eigenvalue weighted by Gasteiger charge is 2.29. The number of aromatic nitrogens is 1. The second-order valence-corrected chi connectivity index (χ2v) is 8.21. The van der Waals surface area contributed by atoms with E-state index in [1.165, 1.54) is 22.7 Å². The van der Waals surface area contributed by atoms with Crippen molar-refractivity contribution in [3.05, 3.63) is 59.7 Å². The number of rotatable bonds is 1. The molecule has 3 heterocycles. The number of amides is 2. The molecule has 164 valence electrons. The number of piperidine rings is 1. The molecule has 0 N–H and O–H groups in total. The lowest BCUT2D eigenvalue weighted by molar-refractivity contribution is -0.135. The van der Waals surface area contributed by atoms with Gasteiger partial charge < -0.3 is 14.5 Å². The highest BCUT2D eigenvalue weighted by atomic mass is 19.1. The Hall–Kier alpha value is -2.96. The second kappa shape index (κ2) is 9.90. The van der Waals surface area contributed by atoms with Crippen LogP contribution in [0.5, 0.6) is 5.75 Å². The molecule has 1 unspecified atom stereocenters. The number of fused-ring (bicyclic) bond motifs is 3. The Morgan fingerprint density at radius 3 is 2.90 bits per heavy atom. The Morgan fingerprint density at radius 1 is 1.13 bits per heavy atom. The Bertz CT molecular complexity index is 936. The average Bonchev–Trinajstić information content (AvgIpc) is 2.79. The molecule has 1 aromatic heterocycles. The lowest BCUT2D eigenvalue weighted by atomic mass is 9.95. The molecule has 1 atom stereocenters. The predicted molar refractivity (Wildman–Crippen MR) is 114 cm³/mol. The molecule has 0 saturated carbocycles. The van der Waals surface area contributed by atoms with Crippen molar-refractivity contribution < 1.29 is 18.7 Å². The number of ether oxygens (including phenoxy) is 1. The van der Waals surface area contributed by atoms with Crippen molar-refractivity contribution >= 4 is 11.8 Å². The largest absolute Gasteiger partial charge is 0.494 e. The molecule has 2 aliphatic rings. The Balaban J connectivity index is 1.58. The predicted octanol–water partition coefficient (Wildman–Crippen LogP) is 3.46. The summed E-state index contributed by atoms with van der Waals surface area (Å²) >= 11 is 0. The molecule has 4 rings (SSSR count). The molecular weight excluding hydrogens is 397 g/mol. The fourth-order valence-corrected chi connectivity index (χ4v) is 4.42. The van der Waals surface area contributed by atoms with Crippen molar-refractivity contribution in [2.24, 2.45) is 0 Å². The highest BCUT2D eigenvalue weighted by Crippen LogP contribution is 2.24. The molecule has 6 nitrogen and oxygen atoms in total.